The van der Waals surface area contributed by atoms with Gasteiger partial charge in [0.2, 0.25) is 15.9 Å². The number of benzene rings is 3. The Bertz CT molecular complexity index is 1440. The first kappa shape index (κ1) is 26.2. The molecule has 10 heteroatoms. The highest BCUT2D eigenvalue weighted by Crippen LogP contribution is 2.27. The lowest BCUT2D eigenvalue weighted by molar-refractivity contribution is -0.574. The number of nitrogen functional groups attached to an aromatic ring is 1. The average molecular weight is 504 g/mol. The van der Waals surface area contributed by atoms with Gasteiger partial charge in [-0.1, -0.05) is 48.5 Å². The predicted octanol–water partition coefficient (Wildman–Crippen LogP) is 2.03. The lowest BCUT2D eigenvalue weighted by Crippen LogP contribution is -2.78. The van der Waals surface area contributed by atoms with E-state index in [2.05, 4.69) is 5.32 Å². The molecule has 0 bridgehead atoms. The van der Waals surface area contributed by atoms with E-state index in [-0.39, 0.29) is 16.6 Å². The third-order valence-electron chi connectivity index (χ3n) is 5.19. The van der Waals surface area contributed by atoms with Gasteiger partial charge >= 0.3 is 0 Å². The van der Waals surface area contributed by atoms with Crippen molar-refractivity contribution in [2.75, 3.05) is 11.9 Å². The van der Waals surface area contributed by atoms with Crippen molar-refractivity contribution in [3.05, 3.63) is 102 Å². The average Bonchev–Trinajstić information content (AvgIpc) is 2.86. The second-order valence-corrected chi connectivity index (χ2v) is 9.29. The van der Waals surface area contributed by atoms with Crippen LogP contribution in [0.4, 0.5) is 5.69 Å². The first-order chi connectivity index (χ1) is 17.2. The maximum absolute atomic E-state index is 12.8. The molecule has 184 valence electrons. The van der Waals surface area contributed by atoms with Gasteiger partial charge in [-0.05, 0) is 35.4 Å². The lowest BCUT2D eigenvalue weighted by atomic mass is 10.0. The van der Waals surface area contributed by atoms with Gasteiger partial charge in [0.05, 0.1) is 11.1 Å². The number of nitrogens with one attached hydrogen (secondary N) is 3. The first-order valence-electron chi connectivity index (χ1n) is 10.9. The van der Waals surface area contributed by atoms with Crippen LogP contribution in [0.1, 0.15) is 11.1 Å². The normalized spacial score (nSPS) is 11.9. The van der Waals surface area contributed by atoms with E-state index in [0.717, 1.165) is 11.8 Å². The molecule has 3 aromatic rings. The molecule has 1 amide bonds. The fourth-order valence-electron chi connectivity index (χ4n) is 3.50. The molecule has 0 atom stereocenters. The Kier molecular flexibility index (Phi) is 8.63. The Balaban J connectivity index is 1.84. The van der Waals surface area contributed by atoms with Crippen LogP contribution in [-0.4, -0.2) is 32.9 Å². The number of hydrogen-bond acceptors (Lipinski definition) is 5. The van der Waals surface area contributed by atoms with E-state index in [4.69, 9.17) is 21.7 Å². The fourth-order valence-corrected chi connectivity index (χ4v) is 4.26. The van der Waals surface area contributed by atoms with E-state index in [0.29, 0.717) is 34.5 Å². The number of amidine groups is 1. The van der Waals surface area contributed by atoms with Gasteiger partial charge in [0.15, 0.2) is 0 Å². The number of rotatable bonds is 10. The number of carbonyl (C=O) groups is 1. The Labute approximate surface area is 209 Å². The van der Waals surface area contributed by atoms with Gasteiger partial charge in [-0.3, -0.25) is 10.2 Å². The van der Waals surface area contributed by atoms with Crippen molar-refractivity contribution in [2.24, 2.45) is 10.9 Å². The van der Waals surface area contributed by atoms with Crippen LogP contribution >= 0.6 is 0 Å². The van der Waals surface area contributed by atoms with Gasteiger partial charge in [0, 0.05) is 40.8 Å². The predicted molar refractivity (Wildman–Crippen MR) is 142 cm³/mol. The zero-order valence-corrected chi connectivity index (χ0v) is 20.1. The maximum Gasteiger partial charge on any atom is 0.248 e. The molecule has 36 heavy (non-hydrogen) atoms. The number of nitrogens with two attached hydrogens (primary N) is 3. The Morgan fingerprint density at radius 3 is 2.36 bits per heavy atom. The Morgan fingerprint density at radius 2 is 1.69 bits per heavy atom. The summed E-state index contributed by atoms with van der Waals surface area (Å²) >= 11 is 0. The van der Waals surface area contributed by atoms with Gasteiger partial charge < -0.3 is 21.8 Å². The van der Waals surface area contributed by atoms with E-state index in [1.165, 1.54) is 12.1 Å². The Morgan fingerprint density at radius 1 is 1.00 bits per heavy atom. The van der Waals surface area contributed by atoms with E-state index in [1.807, 2.05) is 11.4 Å². The molecule has 0 aliphatic carbocycles. The van der Waals surface area contributed by atoms with E-state index < -0.39 is 10.0 Å². The first-order valence-corrected chi connectivity index (χ1v) is 12.4. The standard InChI is InChI=1S/C26H26N6O3S/c27-13-4-14-31-17-21(19-5-3-6-20(15-19)26(28)29)16-25(33)32-22-11-9-18(10-12-22)23-7-1-2-8-24(23)36(30,34)35/h1-16,27,31H,17H2,(H3,28,29)(H,32,33)(H2,30,34,35)/p+1/b14-4-,21-16-,27-13?. The number of sulfonamides is 1. The number of amides is 1. The zero-order valence-electron chi connectivity index (χ0n) is 19.3. The van der Waals surface area contributed by atoms with E-state index in [9.17, 15) is 13.2 Å². The summed E-state index contributed by atoms with van der Waals surface area (Å²) in [5.74, 6) is -0.433. The molecule has 3 aromatic carbocycles. The highest BCUT2D eigenvalue weighted by atomic mass is 32.2. The fraction of sp³-hybridized carbons (Fsp3) is 0.0385. The van der Waals surface area contributed by atoms with Gasteiger partial charge in [-0.2, -0.15) is 0 Å². The molecule has 3 rings (SSSR count). The van der Waals surface area contributed by atoms with Crippen molar-refractivity contribution in [2.45, 2.75) is 4.90 Å². The maximum atomic E-state index is 12.8. The molecule has 0 radical (unpaired) electrons. The largest absolute Gasteiger partial charge is 0.384 e. The quantitative estimate of drug-likeness (QED) is 0.141. The van der Waals surface area contributed by atoms with Crippen molar-refractivity contribution < 1.29 is 18.5 Å². The monoisotopic (exact) mass is 503 g/mol. The minimum absolute atomic E-state index is 0.0236. The third-order valence-corrected chi connectivity index (χ3v) is 6.16. The van der Waals surface area contributed by atoms with Crippen molar-refractivity contribution in [1.82, 2.24) is 0 Å². The molecule has 0 fully saturated rings. The number of primary sulfonamides is 1. The van der Waals surface area contributed by atoms with Crippen LogP contribution in [0, 0.1) is 10.8 Å². The van der Waals surface area contributed by atoms with Crippen molar-refractivity contribution in [3.63, 3.8) is 0 Å². The summed E-state index contributed by atoms with van der Waals surface area (Å²) < 4.78 is 23.8. The molecule has 0 spiro atoms. The van der Waals surface area contributed by atoms with Crippen LogP contribution < -0.4 is 21.5 Å². The number of hydrogen-bond donors (Lipinski definition) is 6. The number of carbonyl (C=O) groups excluding carboxylic acids is 1. The van der Waals surface area contributed by atoms with Crippen LogP contribution in [0.2, 0.25) is 0 Å². The summed E-state index contributed by atoms with van der Waals surface area (Å²) in [6.45, 7) is 0.419. The second kappa shape index (κ2) is 11.8. The summed E-state index contributed by atoms with van der Waals surface area (Å²) in [5.41, 5.74) is 9.24. The summed E-state index contributed by atoms with van der Waals surface area (Å²) in [4.78, 5) is 12.8. The molecule has 0 unspecified atom stereocenters. The summed E-state index contributed by atoms with van der Waals surface area (Å²) in [6, 6.07) is 20.3. The molecule has 0 saturated carbocycles. The number of allylic oxidation sites excluding steroid dienone is 1. The van der Waals surface area contributed by atoms with Crippen molar-refractivity contribution in [1.29, 1.82) is 10.8 Å². The summed E-state index contributed by atoms with van der Waals surface area (Å²) in [7, 11) is -3.89. The minimum atomic E-state index is -3.89. The number of anilines is 1. The van der Waals surface area contributed by atoms with Crippen molar-refractivity contribution in [3.8, 4) is 11.1 Å². The van der Waals surface area contributed by atoms with E-state index in [1.54, 1.807) is 72.9 Å². The molecule has 0 saturated heterocycles. The van der Waals surface area contributed by atoms with Gasteiger partial charge in [0.25, 0.3) is 0 Å². The van der Waals surface area contributed by atoms with Gasteiger partial charge in [-0.15, -0.1) is 0 Å². The molecule has 0 aromatic heterocycles. The number of quaternary nitrogens is 1. The molecule has 0 aliphatic rings. The highest BCUT2D eigenvalue weighted by Gasteiger charge is 2.15. The molecule has 9 N–H and O–H groups in total. The van der Waals surface area contributed by atoms with Crippen LogP contribution in [0.15, 0.2) is 96.0 Å². The van der Waals surface area contributed by atoms with Gasteiger partial charge in [-0.25, -0.2) is 13.6 Å². The van der Waals surface area contributed by atoms with Gasteiger partial charge in [0.1, 0.15) is 12.4 Å². The summed E-state index contributed by atoms with van der Waals surface area (Å²) in [6.07, 6.45) is 5.91. The van der Waals surface area contributed by atoms with Crippen LogP contribution in [0.3, 0.4) is 0 Å². The third kappa shape index (κ3) is 7.06. The lowest BCUT2D eigenvalue weighted by Gasteiger charge is -2.10. The summed E-state index contributed by atoms with van der Waals surface area (Å²) in [5, 5.41) is 24.7. The second-order valence-electron chi connectivity index (χ2n) is 7.76. The van der Waals surface area contributed by atoms with E-state index >= 15 is 0 Å². The minimum Gasteiger partial charge on any atom is -0.384 e. The molecule has 0 heterocycles. The smallest absolute Gasteiger partial charge is 0.248 e. The van der Waals surface area contributed by atoms with Crippen LogP contribution in [0.5, 0.6) is 0 Å². The molecular formula is C26H27N6O3S+. The topological polar surface area (TPSA) is 180 Å². The van der Waals surface area contributed by atoms with Crippen LogP contribution in [-0.2, 0) is 14.8 Å². The van der Waals surface area contributed by atoms with Crippen LogP contribution in [0.25, 0.3) is 16.7 Å². The highest BCUT2D eigenvalue weighted by molar-refractivity contribution is 7.89. The van der Waals surface area contributed by atoms with Crippen molar-refractivity contribution >= 4 is 39.2 Å². The molecule has 9 nitrogen and oxygen atoms in total. The molecular weight excluding hydrogens is 476 g/mol. The zero-order chi connectivity index (χ0) is 26.1. The molecule has 0 aliphatic heterocycles. The Hall–Kier alpha value is -4.38. The SMILES string of the molecule is N=C/C=C\[NH2+]C/C(=C/C(=O)Nc1ccc(-c2ccccc2S(N)(=O)=O)cc1)c1cccc(C(=N)N)c1.